The van der Waals surface area contributed by atoms with Crippen molar-refractivity contribution < 1.29 is 4.74 Å². The zero-order chi connectivity index (χ0) is 18.4. The molecular formula is C20H22N4OS. The summed E-state index contributed by atoms with van der Waals surface area (Å²) in [5, 5.41) is 11.3. The SMILES string of the molecule is CCOc1ccccc1NC(=S)Nc1ccn(Cc2ccccc2C)n1. The lowest BCUT2D eigenvalue weighted by atomic mass is 10.1. The first-order valence-corrected chi connectivity index (χ1v) is 8.94. The number of thiocarbonyl (C=S) groups is 1. The molecule has 0 saturated heterocycles. The van der Waals surface area contributed by atoms with Crippen molar-refractivity contribution >= 4 is 28.8 Å². The number of para-hydroxylation sites is 2. The predicted molar refractivity (Wildman–Crippen MR) is 110 cm³/mol. The Balaban J connectivity index is 1.62. The lowest BCUT2D eigenvalue weighted by molar-refractivity contribution is 0.342. The van der Waals surface area contributed by atoms with Crippen LogP contribution in [0.1, 0.15) is 18.1 Å². The topological polar surface area (TPSA) is 51.1 Å². The Kier molecular flexibility index (Phi) is 5.86. The largest absolute Gasteiger partial charge is 0.492 e. The summed E-state index contributed by atoms with van der Waals surface area (Å²) in [4.78, 5) is 0. The van der Waals surface area contributed by atoms with Crippen molar-refractivity contribution in [1.29, 1.82) is 0 Å². The standard InChI is InChI=1S/C20H22N4OS/c1-3-25-18-11-7-6-10-17(18)21-20(26)22-19-12-13-24(23-19)14-16-9-5-4-8-15(16)2/h4-13H,3,14H2,1-2H3,(H2,21,22,23,26). The zero-order valence-corrected chi connectivity index (χ0v) is 15.7. The first-order chi connectivity index (χ1) is 12.7. The molecule has 0 spiro atoms. The monoisotopic (exact) mass is 366 g/mol. The Labute approximate surface area is 159 Å². The van der Waals surface area contributed by atoms with E-state index in [0.717, 1.165) is 18.0 Å². The summed E-state index contributed by atoms with van der Waals surface area (Å²) < 4.78 is 7.49. The fourth-order valence-corrected chi connectivity index (χ4v) is 2.81. The van der Waals surface area contributed by atoms with E-state index in [4.69, 9.17) is 17.0 Å². The maximum Gasteiger partial charge on any atom is 0.176 e. The van der Waals surface area contributed by atoms with Crippen molar-refractivity contribution in [1.82, 2.24) is 9.78 Å². The van der Waals surface area contributed by atoms with Gasteiger partial charge in [0, 0.05) is 12.3 Å². The number of nitrogens with one attached hydrogen (secondary N) is 2. The third-order valence-electron chi connectivity index (χ3n) is 3.91. The number of benzene rings is 2. The van der Waals surface area contributed by atoms with Gasteiger partial charge in [-0.25, -0.2) is 0 Å². The van der Waals surface area contributed by atoms with Crippen LogP contribution in [-0.4, -0.2) is 21.5 Å². The molecule has 0 aliphatic rings. The van der Waals surface area contributed by atoms with Crippen LogP contribution in [0.2, 0.25) is 0 Å². The first-order valence-electron chi connectivity index (χ1n) is 8.53. The molecule has 0 amide bonds. The van der Waals surface area contributed by atoms with Crippen molar-refractivity contribution in [2.45, 2.75) is 20.4 Å². The molecule has 26 heavy (non-hydrogen) atoms. The molecule has 1 heterocycles. The van der Waals surface area contributed by atoms with E-state index in [2.05, 4.69) is 34.8 Å². The number of hydrogen-bond acceptors (Lipinski definition) is 3. The summed E-state index contributed by atoms with van der Waals surface area (Å²) in [6, 6.07) is 17.9. The molecule has 3 rings (SSSR count). The highest BCUT2D eigenvalue weighted by Crippen LogP contribution is 2.23. The van der Waals surface area contributed by atoms with Crippen LogP contribution in [0.3, 0.4) is 0 Å². The summed E-state index contributed by atoms with van der Waals surface area (Å²) in [6.45, 7) is 5.38. The van der Waals surface area contributed by atoms with E-state index in [1.54, 1.807) is 0 Å². The van der Waals surface area contributed by atoms with Gasteiger partial charge in [0.25, 0.3) is 0 Å². The van der Waals surface area contributed by atoms with Crippen LogP contribution in [0.15, 0.2) is 60.8 Å². The fourth-order valence-electron chi connectivity index (χ4n) is 2.60. The molecule has 0 aliphatic heterocycles. The number of anilines is 2. The van der Waals surface area contributed by atoms with E-state index in [9.17, 15) is 0 Å². The normalized spacial score (nSPS) is 10.4. The summed E-state index contributed by atoms with van der Waals surface area (Å²) in [5.74, 6) is 1.47. The van der Waals surface area contributed by atoms with Gasteiger partial charge < -0.3 is 15.4 Å². The molecule has 0 atom stereocenters. The van der Waals surface area contributed by atoms with Gasteiger partial charge in [-0.15, -0.1) is 0 Å². The third kappa shape index (κ3) is 4.61. The van der Waals surface area contributed by atoms with E-state index < -0.39 is 0 Å². The van der Waals surface area contributed by atoms with E-state index in [1.165, 1.54) is 11.1 Å². The maximum atomic E-state index is 5.60. The highest BCUT2D eigenvalue weighted by molar-refractivity contribution is 7.80. The molecule has 134 valence electrons. The number of aromatic nitrogens is 2. The van der Waals surface area contributed by atoms with Gasteiger partial charge in [-0.3, -0.25) is 4.68 Å². The predicted octanol–water partition coefficient (Wildman–Crippen LogP) is 4.45. The zero-order valence-electron chi connectivity index (χ0n) is 14.9. The highest BCUT2D eigenvalue weighted by Gasteiger charge is 2.07. The summed E-state index contributed by atoms with van der Waals surface area (Å²) in [7, 11) is 0. The minimum Gasteiger partial charge on any atom is -0.492 e. The van der Waals surface area contributed by atoms with Gasteiger partial charge >= 0.3 is 0 Å². The Hall–Kier alpha value is -2.86. The average Bonchev–Trinajstić information content (AvgIpc) is 3.06. The maximum absolute atomic E-state index is 5.60. The Morgan fingerprint density at radius 1 is 1.08 bits per heavy atom. The Morgan fingerprint density at radius 3 is 2.65 bits per heavy atom. The van der Waals surface area contributed by atoms with E-state index in [1.807, 2.05) is 60.3 Å². The molecular weight excluding hydrogens is 344 g/mol. The molecule has 0 unspecified atom stereocenters. The highest BCUT2D eigenvalue weighted by atomic mass is 32.1. The molecule has 0 fully saturated rings. The van der Waals surface area contributed by atoms with Crippen LogP contribution in [0.5, 0.6) is 5.75 Å². The number of rotatable bonds is 6. The van der Waals surface area contributed by atoms with Crippen molar-refractivity contribution in [3.63, 3.8) is 0 Å². The molecule has 1 aromatic heterocycles. The average molecular weight is 366 g/mol. The van der Waals surface area contributed by atoms with Gasteiger partial charge in [-0.1, -0.05) is 36.4 Å². The number of nitrogens with zero attached hydrogens (tertiary/aromatic N) is 2. The van der Waals surface area contributed by atoms with Crippen LogP contribution in [-0.2, 0) is 6.54 Å². The van der Waals surface area contributed by atoms with Gasteiger partial charge in [0.15, 0.2) is 10.9 Å². The van der Waals surface area contributed by atoms with Crippen LogP contribution in [0.4, 0.5) is 11.5 Å². The quantitative estimate of drug-likeness (QED) is 0.631. The summed E-state index contributed by atoms with van der Waals surface area (Å²) in [5.41, 5.74) is 3.32. The minimum absolute atomic E-state index is 0.471. The van der Waals surface area contributed by atoms with E-state index in [0.29, 0.717) is 17.5 Å². The number of ether oxygens (including phenoxy) is 1. The molecule has 0 bridgehead atoms. The van der Waals surface area contributed by atoms with Gasteiger partial charge in [0.2, 0.25) is 0 Å². The second-order valence-electron chi connectivity index (χ2n) is 5.83. The fraction of sp³-hybridized carbons (Fsp3) is 0.200. The van der Waals surface area contributed by atoms with Crippen molar-refractivity contribution in [2.75, 3.05) is 17.2 Å². The molecule has 2 N–H and O–H groups in total. The summed E-state index contributed by atoms with van der Waals surface area (Å²) in [6.07, 6.45) is 1.94. The number of hydrogen-bond donors (Lipinski definition) is 2. The second kappa shape index (κ2) is 8.49. The third-order valence-corrected chi connectivity index (χ3v) is 4.12. The van der Waals surface area contributed by atoms with Gasteiger partial charge in [0.1, 0.15) is 5.75 Å². The van der Waals surface area contributed by atoms with Crippen molar-refractivity contribution in [3.8, 4) is 5.75 Å². The molecule has 0 saturated carbocycles. The second-order valence-corrected chi connectivity index (χ2v) is 6.24. The van der Waals surface area contributed by atoms with Crippen LogP contribution in [0.25, 0.3) is 0 Å². The lowest BCUT2D eigenvalue weighted by Gasteiger charge is -2.13. The van der Waals surface area contributed by atoms with E-state index >= 15 is 0 Å². The molecule has 0 aliphatic carbocycles. The molecule has 2 aromatic carbocycles. The molecule has 5 nitrogen and oxygen atoms in total. The van der Waals surface area contributed by atoms with Crippen LogP contribution < -0.4 is 15.4 Å². The van der Waals surface area contributed by atoms with Crippen molar-refractivity contribution in [3.05, 3.63) is 71.9 Å². The Morgan fingerprint density at radius 2 is 1.85 bits per heavy atom. The van der Waals surface area contributed by atoms with E-state index in [-0.39, 0.29) is 0 Å². The van der Waals surface area contributed by atoms with Gasteiger partial charge in [-0.05, 0) is 49.3 Å². The minimum atomic E-state index is 0.471. The molecule has 0 radical (unpaired) electrons. The van der Waals surface area contributed by atoms with Crippen LogP contribution >= 0.6 is 12.2 Å². The molecule has 6 heteroatoms. The van der Waals surface area contributed by atoms with Crippen molar-refractivity contribution in [2.24, 2.45) is 0 Å². The molecule has 3 aromatic rings. The van der Waals surface area contributed by atoms with Crippen LogP contribution in [0, 0.1) is 6.92 Å². The van der Waals surface area contributed by atoms with Gasteiger partial charge in [0.05, 0.1) is 18.8 Å². The number of aryl methyl sites for hydroxylation is 1. The first kappa shape index (κ1) is 17.9. The lowest BCUT2D eigenvalue weighted by Crippen LogP contribution is -2.20. The smallest absolute Gasteiger partial charge is 0.176 e. The Bertz CT molecular complexity index is 891. The van der Waals surface area contributed by atoms with Gasteiger partial charge in [-0.2, -0.15) is 5.10 Å². The summed E-state index contributed by atoms with van der Waals surface area (Å²) >= 11 is 5.39.